The van der Waals surface area contributed by atoms with Crippen molar-refractivity contribution in [3.8, 4) is 11.4 Å². The molecule has 6 heteroatoms. The van der Waals surface area contributed by atoms with Crippen molar-refractivity contribution < 1.29 is 9.13 Å². The molecule has 3 rings (SSSR count). The van der Waals surface area contributed by atoms with E-state index in [0.717, 1.165) is 11.1 Å². The van der Waals surface area contributed by atoms with Gasteiger partial charge in [0, 0.05) is 12.3 Å². The van der Waals surface area contributed by atoms with Crippen LogP contribution in [0.4, 0.5) is 10.3 Å². The van der Waals surface area contributed by atoms with Crippen molar-refractivity contribution in [2.45, 2.75) is 6.92 Å². The van der Waals surface area contributed by atoms with Crippen LogP contribution >= 0.6 is 0 Å². The van der Waals surface area contributed by atoms with E-state index >= 15 is 0 Å². The van der Waals surface area contributed by atoms with Crippen LogP contribution in [0.15, 0.2) is 30.5 Å². The first-order valence-corrected chi connectivity index (χ1v) is 6.05. The van der Waals surface area contributed by atoms with E-state index in [-0.39, 0.29) is 5.75 Å². The van der Waals surface area contributed by atoms with Gasteiger partial charge in [-0.15, -0.1) is 0 Å². The Kier molecular flexibility index (Phi) is 2.78. The van der Waals surface area contributed by atoms with Crippen LogP contribution in [0, 0.1) is 12.7 Å². The molecule has 0 saturated carbocycles. The predicted octanol–water partition coefficient (Wildman–Crippen LogP) is 2.46. The van der Waals surface area contributed by atoms with Gasteiger partial charge in [-0.25, -0.2) is 14.4 Å². The van der Waals surface area contributed by atoms with Gasteiger partial charge in [-0.2, -0.15) is 0 Å². The highest BCUT2D eigenvalue weighted by Crippen LogP contribution is 2.27. The first kappa shape index (κ1) is 12.4. The average molecular weight is 272 g/mol. The number of nitrogen functional groups attached to an aromatic ring is 1. The number of hydrogen-bond acceptors (Lipinski definition) is 4. The predicted molar refractivity (Wildman–Crippen MR) is 74.5 cm³/mol. The Morgan fingerprint density at radius 3 is 2.85 bits per heavy atom. The van der Waals surface area contributed by atoms with E-state index in [1.54, 1.807) is 22.9 Å². The fourth-order valence-corrected chi connectivity index (χ4v) is 2.15. The summed E-state index contributed by atoms with van der Waals surface area (Å²) >= 11 is 0. The van der Waals surface area contributed by atoms with Crippen LogP contribution in [0.5, 0.6) is 5.75 Å². The Balaban J connectivity index is 2.29. The average Bonchev–Trinajstić information content (AvgIpc) is 2.77. The Bertz CT molecular complexity index is 797. The number of aromatic nitrogens is 3. The second kappa shape index (κ2) is 4.48. The maximum atomic E-state index is 13.5. The van der Waals surface area contributed by atoms with Crippen LogP contribution in [-0.2, 0) is 0 Å². The summed E-state index contributed by atoms with van der Waals surface area (Å²) in [6.07, 6.45) is 1.69. The molecule has 0 aliphatic heterocycles. The van der Waals surface area contributed by atoms with E-state index in [2.05, 4.69) is 9.97 Å². The molecule has 5 nitrogen and oxygen atoms in total. The van der Waals surface area contributed by atoms with Gasteiger partial charge in [0.05, 0.1) is 12.8 Å². The SMILES string of the molecule is COc1cc(-n2c(N)nc3c(C)ccnc32)ccc1F. The molecule has 20 heavy (non-hydrogen) atoms. The highest BCUT2D eigenvalue weighted by atomic mass is 19.1. The van der Waals surface area contributed by atoms with Crippen molar-refractivity contribution in [1.82, 2.24) is 14.5 Å². The fraction of sp³-hybridized carbons (Fsp3) is 0.143. The summed E-state index contributed by atoms with van der Waals surface area (Å²) in [7, 11) is 1.42. The van der Waals surface area contributed by atoms with Crippen LogP contribution in [0.3, 0.4) is 0 Å². The van der Waals surface area contributed by atoms with E-state index < -0.39 is 5.82 Å². The van der Waals surface area contributed by atoms with Gasteiger partial charge < -0.3 is 10.5 Å². The standard InChI is InChI=1S/C14H13FN4O/c1-8-5-6-17-13-12(8)18-14(16)19(13)9-3-4-10(15)11(7-9)20-2/h3-7H,1-2H3,(H2,16,18). The van der Waals surface area contributed by atoms with E-state index in [1.807, 2.05) is 13.0 Å². The number of anilines is 1. The zero-order valence-electron chi connectivity index (χ0n) is 11.1. The minimum Gasteiger partial charge on any atom is -0.494 e. The molecule has 0 bridgehead atoms. The molecular formula is C14H13FN4O. The number of nitrogens with zero attached hydrogens (tertiary/aromatic N) is 3. The van der Waals surface area contributed by atoms with E-state index in [1.165, 1.54) is 13.2 Å². The molecule has 0 atom stereocenters. The molecular weight excluding hydrogens is 259 g/mol. The third-order valence-electron chi connectivity index (χ3n) is 3.17. The Hall–Kier alpha value is -2.63. The summed E-state index contributed by atoms with van der Waals surface area (Å²) in [5.41, 5.74) is 8.96. The fourth-order valence-electron chi connectivity index (χ4n) is 2.15. The van der Waals surface area contributed by atoms with E-state index in [9.17, 15) is 4.39 Å². The molecule has 0 unspecified atom stereocenters. The minimum atomic E-state index is -0.427. The number of fused-ring (bicyclic) bond motifs is 1. The minimum absolute atomic E-state index is 0.149. The summed E-state index contributed by atoms with van der Waals surface area (Å²) in [6, 6.07) is 6.37. The number of aryl methyl sites for hydroxylation is 1. The quantitative estimate of drug-likeness (QED) is 0.778. The zero-order valence-corrected chi connectivity index (χ0v) is 11.1. The van der Waals surface area contributed by atoms with Crippen molar-refractivity contribution in [2.24, 2.45) is 0 Å². The van der Waals surface area contributed by atoms with Crippen LogP contribution in [0.1, 0.15) is 5.56 Å². The van der Waals surface area contributed by atoms with Crippen molar-refractivity contribution in [3.05, 3.63) is 41.8 Å². The largest absolute Gasteiger partial charge is 0.494 e. The lowest BCUT2D eigenvalue weighted by atomic mass is 10.2. The van der Waals surface area contributed by atoms with Gasteiger partial charge in [0.2, 0.25) is 5.95 Å². The topological polar surface area (TPSA) is 66.0 Å². The third kappa shape index (κ3) is 1.77. The van der Waals surface area contributed by atoms with Gasteiger partial charge >= 0.3 is 0 Å². The third-order valence-corrected chi connectivity index (χ3v) is 3.17. The van der Waals surface area contributed by atoms with Gasteiger partial charge in [0.1, 0.15) is 5.52 Å². The molecule has 1 aromatic carbocycles. The number of imidazole rings is 1. The Labute approximate surface area is 114 Å². The van der Waals surface area contributed by atoms with Crippen molar-refractivity contribution in [1.29, 1.82) is 0 Å². The maximum absolute atomic E-state index is 13.5. The number of methoxy groups -OCH3 is 1. The highest BCUT2D eigenvalue weighted by molar-refractivity contribution is 5.80. The monoisotopic (exact) mass is 272 g/mol. The molecule has 3 aromatic rings. The first-order valence-electron chi connectivity index (χ1n) is 6.05. The smallest absolute Gasteiger partial charge is 0.207 e. The van der Waals surface area contributed by atoms with Crippen molar-refractivity contribution in [3.63, 3.8) is 0 Å². The molecule has 0 spiro atoms. The normalized spacial score (nSPS) is 10.9. The Morgan fingerprint density at radius 1 is 1.30 bits per heavy atom. The van der Waals surface area contributed by atoms with E-state index in [4.69, 9.17) is 10.5 Å². The van der Waals surface area contributed by atoms with Gasteiger partial charge in [-0.1, -0.05) is 0 Å². The number of pyridine rings is 1. The van der Waals surface area contributed by atoms with Crippen LogP contribution in [-0.4, -0.2) is 21.6 Å². The molecule has 0 fully saturated rings. The lowest BCUT2D eigenvalue weighted by Gasteiger charge is -2.08. The van der Waals surface area contributed by atoms with Gasteiger partial charge in [-0.3, -0.25) is 4.57 Å². The molecule has 2 N–H and O–H groups in total. The second-order valence-corrected chi connectivity index (χ2v) is 4.42. The number of nitrogens with two attached hydrogens (primary N) is 1. The number of halogens is 1. The lowest BCUT2D eigenvalue weighted by Crippen LogP contribution is -2.02. The van der Waals surface area contributed by atoms with Gasteiger partial charge in [-0.05, 0) is 30.7 Å². The van der Waals surface area contributed by atoms with Gasteiger partial charge in [0.25, 0.3) is 0 Å². The zero-order chi connectivity index (χ0) is 14.3. The maximum Gasteiger partial charge on any atom is 0.207 e. The summed E-state index contributed by atoms with van der Waals surface area (Å²) in [5.74, 6) is 0.0234. The van der Waals surface area contributed by atoms with Crippen molar-refractivity contribution >= 4 is 17.1 Å². The lowest BCUT2D eigenvalue weighted by molar-refractivity contribution is 0.386. The summed E-state index contributed by atoms with van der Waals surface area (Å²) in [5, 5.41) is 0. The molecule has 0 aliphatic carbocycles. The molecule has 0 aliphatic rings. The number of benzene rings is 1. The molecule has 0 saturated heterocycles. The summed E-state index contributed by atoms with van der Waals surface area (Å²) in [6.45, 7) is 1.94. The van der Waals surface area contributed by atoms with Crippen LogP contribution in [0.2, 0.25) is 0 Å². The number of rotatable bonds is 2. The number of hydrogen-bond donors (Lipinski definition) is 1. The Morgan fingerprint density at radius 2 is 2.10 bits per heavy atom. The van der Waals surface area contributed by atoms with Crippen molar-refractivity contribution in [2.75, 3.05) is 12.8 Å². The summed E-state index contributed by atoms with van der Waals surface area (Å²) < 4.78 is 20.2. The second-order valence-electron chi connectivity index (χ2n) is 4.42. The molecule has 0 radical (unpaired) electrons. The summed E-state index contributed by atoms with van der Waals surface area (Å²) in [4.78, 5) is 8.61. The molecule has 0 amide bonds. The molecule has 2 heterocycles. The van der Waals surface area contributed by atoms with Crippen LogP contribution < -0.4 is 10.5 Å². The number of ether oxygens (including phenoxy) is 1. The molecule has 102 valence electrons. The van der Waals surface area contributed by atoms with Crippen LogP contribution in [0.25, 0.3) is 16.9 Å². The first-order chi connectivity index (χ1) is 9.61. The highest BCUT2D eigenvalue weighted by Gasteiger charge is 2.14. The van der Waals surface area contributed by atoms with Gasteiger partial charge in [0.15, 0.2) is 17.2 Å². The molecule has 2 aromatic heterocycles. The van der Waals surface area contributed by atoms with E-state index in [0.29, 0.717) is 17.3 Å².